The molecule has 2 nitrogen and oxygen atoms in total. The van der Waals surface area contributed by atoms with Gasteiger partial charge in [-0.1, -0.05) is 32.0 Å². The highest BCUT2D eigenvalue weighted by atomic mass is 16.2. The Bertz CT molecular complexity index is 360. The van der Waals surface area contributed by atoms with E-state index in [1.807, 2.05) is 56.9 Å². The number of carbonyl (C=O) groups is 1. The molecule has 0 spiro atoms. The highest BCUT2D eigenvalue weighted by molar-refractivity contribution is 5.95. The maximum absolute atomic E-state index is 12.2. The molecule has 1 aromatic rings. The molecule has 0 aromatic heterocycles. The van der Waals surface area contributed by atoms with Gasteiger partial charge in [-0.3, -0.25) is 4.79 Å². The lowest BCUT2D eigenvalue weighted by atomic mass is 10.1. The van der Waals surface area contributed by atoms with Crippen LogP contribution >= 0.6 is 0 Å². The predicted molar refractivity (Wildman–Crippen MR) is 68.7 cm³/mol. The lowest BCUT2D eigenvalue weighted by Gasteiger charge is -2.25. The van der Waals surface area contributed by atoms with Gasteiger partial charge >= 0.3 is 0 Å². The third-order valence-corrected chi connectivity index (χ3v) is 3.02. The standard InChI is InChI=1S/C14H21NO/c1-5-11(3)14(16)15(6-2)13-10-8-7-9-12(13)4/h7-11H,5-6H2,1-4H3. The minimum atomic E-state index is 0.0968. The Labute approximate surface area is 98.3 Å². The van der Waals surface area contributed by atoms with Crippen molar-refractivity contribution in [2.75, 3.05) is 11.4 Å². The van der Waals surface area contributed by atoms with Crippen molar-refractivity contribution in [1.29, 1.82) is 0 Å². The van der Waals surface area contributed by atoms with E-state index < -0.39 is 0 Å². The van der Waals surface area contributed by atoms with Crippen LogP contribution in [0.4, 0.5) is 5.69 Å². The van der Waals surface area contributed by atoms with E-state index in [0.29, 0.717) is 0 Å². The number of nitrogens with zero attached hydrogens (tertiary/aromatic N) is 1. The van der Waals surface area contributed by atoms with E-state index in [1.165, 1.54) is 0 Å². The molecular weight excluding hydrogens is 198 g/mol. The van der Waals surface area contributed by atoms with Gasteiger partial charge in [-0.15, -0.1) is 0 Å². The van der Waals surface area contributed by atoms with Crippen molar-refractivity contribution in [3.63, 3.8) is 0 Å². The second-order valence-electron chi connectivity index (χ2n) is 4.18. The van der Waals surface area contributed by atoms with Crippen molar-refractivity contribution in [2.45, 2.75) is 34.1 Å². The number of carbonyl (C=O) groups excluding carboxylic acids is 1. The van der Waals surface area contributed by atoms with Crippen molar-refractivity contribution in [2.24, 2.45) is 5.92 Å². The molecule has 0 heterocycles. The predicted octanol–water partition coefficient (Wildman–Crippen LogP) is 3.39. The summed E-state index contributed by atoms with van der Waals surface area (Å²) >= 11 is 0. The Balaban J connectivity index is 2.99. The summed E-state index contributed by atoms with van der Waals surface area (Å²) < 4.78 is 0. The number of rotatable bonds is 4. The molecule has 16 heavy (non-hydrogen) atoms. The van der Waals surface area contributed by atoms with E-state index in [1.54, 1.807) is 0 Å². The molecular formula is C14H21NO. The van der Waals surface area contributed by atoms with E-state index in [2.05, 4.69) is 0 Å². The van der Waals surface area contributed by atoms with Crippen LogP contribution in [0.5, 0.6) is 0 Å². The third kappa shape index (κ3) is 2.63. The van der Waals surface area contributed by atoms with Crippen LogP contribution in [0.25, 0.3) is 0 Å². The molecule has 0 N–H and O–H groups in total. The highest BCUT2D eigenvalue weighted by Gasteiger charge is 2.19. The molecule has 0 aliphatic heterocycles. The SMILES string of the molecule is CCC(C)C(=O)N(CC)c1ccccc1C. The summed E-state index contributed by atoms with van der Waals surface area (Å²) in [6, 6.07) is 8.04. The molecule has 88 valence electrons. The minimum absolute atomic E-state index is 0.0968. The second kappa shape index (κ2) is 5.69. The van der Waals surface area contributed by atoms with Gasteiger partial charge in [-0.2, -0.15) is 0 Å². The first-order valence-corrected chi connectivity index (χ1v) is 5.98. The number of hydrogen-bond acceptors (Lipinski definition) is 1. The Kier molecular flexibility index (Phi) is 4.53. The van der Waals surface area contributed by atoms with Crippen molar-refractivity contribution in [3.8, 4) is 0 Å². The maximum Gasteiger partial charge on any atom is 0.229 e. The van der Waals surface area contributed by atoms with Gasteiger partial charge in [0, 0.05) is 18.2 Å². The van der Waals surface area contributed by atoms with Crippen LogP contribution in [0.3, 0.4) is 0 Å². The molecule has 1 rings (SSSR count). The largest absolute Gasteiger partial charge is 0.312 e. The number of amides is 1. The van der Waals surface area contributed by atoms with Gasteiger partial charge in [0.15, 0.2) is 0 Å². The van der Waals surface area contributed by atoms with Crippen molar-refractivity contribution in [1.82, 2.24) is 0 Å². The van der Waals surface area contributed by atoms with E-state index >= 15 is 0 Å². The summed E-state index contributed by atoms with van der Waals surface area (Å²) in [6.07, 6.45) is 0.890. The van der Waals surface area contributed by atoms with E-state index in [-0.39, 0.29) is 11.8 Å². The van der Waals surface area contributed by atoms with Crippen molar-refractivity contribution in [3.05, 3.63) is 29.8 Å². The molecule has 0 fully saturated rings. The van der Waals surface area contributed by atoms with Crippen LogP contribution in [-0.2, 0) is 4.79 Å². The van der Waals surface area contributed by atoms with Crippen LogP contribution in [0.15, 0.2) is 24.3 Å². The van der Waals surface area contributed by atoms with Crippen molar-refractivity contribution < 1.29 is 4.79 Å². The number of anilines is 1. The first-order valence-electron chi connectivity index (χ1n) is 5.98. The molecule has 1 unspecified atom stereocenters. The molecule has 1 atom stereocenters. The zero-order valence-electron chi connectivity index (χ0n) is 10.7. The molecule has 1 amide bonds. The molecule has 0 saturated carbocycles. The first kappa shape index (κ1) is 12.8. The molecule has 0 aliphatic rings. The highest BCUT2D eigenvalue weighted by Crippen LogP contribution is 2.21. The van der Waals surface area contributed by atoms with E-state index in [4.69, 9.17) is 0 Å². The fourth-order valence-electron chi connectivity index (χ4n) is 1.75. The van der Waals surface area contributed by atoms with Gasteiger partial charge in [0.25, 0.3) is 0 Å². The summed E-state index contributed by atoms with van der Waals surface area (Å²) in [5, 5.41) is 0. The molecule has 0 saturated heterocycles. The molecule has 0 bridgehead atoms. The van der Waals surface area contributed by atoms with E-state index in [9.17, 15) is 4.79 Å². The Morgan fingerprint density at radius 2 is 1.94 bits per heavy atom. The zero-order valence-corrected chi connectivity index (χ0v) is 10.7. The average Bonchev–Trinajstić information content (AvgIpc) is 2.31. The topological polar surface area (TPSA) is 20.3 Å². The quantitative estimate of drug-likeness (QED) is 0.760. The summed E-state index contributed by atoms with van der Waals surface area (Å²) in [5.74, 6) is 0.318. The van der Waals surface area contributed by atoms with Crippen LogP contribution < -0.4 is 4.90 Å². The second-order valence-corrected chi connectivity index (χ2v) is 4.18. The minimum Gasteiger partial charge on any atom is -0.312 e. The summed E-state index contributed by atoms with van der Waals surface area (Å²) in [4.78, 5) is 14.1. The first-order chi connectivity index (χ1) is 7.61. The molecule has 2 heteroatoms. The number of benzene rings is 1. The molecule has 1 aromatic carbocycles. The van der Waals surface area contributed by atoms with Gasteiger partial charge < -0.3 is 4.90 Å². The number of para-hydroxylation sites is 1. The van der Waals surface area contributed by atoms with Crippen LogP contribution in [0.2, 0.25) is 0 Å². The number of aryl methyl sites for hydroxylation is 1. The molecule has 0 radical (unpaired) electrons. The summed E-state index contributed by atoms with van der Waals surface area (Å²) in [6.45, 7) is 8.83. The normalized spacial score (nSPS) is 12.2. The van der Waals surface area contributed by atoms with Gasteiger partial charge in [0.1, 0.15) is 0 Å². The van der Waals surface area contributed by atoms with Gasteiger partial charge in [0.2, 0.25) is 5.91 Å². The van der Waals surface area contributed by atoms with Crippen LogP contribution in [0, 0.1) is 12.8 Å². The van der Waals surface area contributed by atoms with Crippen LogP contribution in [0.1, 0.15) is 32.8 Å². The summed E-state index contributed by atoms with van der Waals surface area (Å²) in [7, 11) is 0. The Morgan fingerprint density at radius 1 is 1.31 bits per heavy atom. The lowest BCUT2D eigenvalue weighted by Crippen LogP contribution is -2.35. The number of hydrogen-bond donors (Lipinski definition) is 0. The fraction of sp³-hybridized carbons (Fsp3) is 0.500. The van der Waals surface area contributed by atoms with Gasteiger partial charge in [0.05, 0.1) is 0 Å². The smallest absolute Gasteiger partial charge is 0.229 e. The van der Waals surface area contributed by atoms with Crippen LogP contribution in [-0.4, -0.2) is 12.5 Å². The van der Waals surface area contributed by atoms with Gasteiger partial charge in [-0.25, -0.2) is 0 Å². The fourth-order valence-corrected chi connectivity index (χ4v) is 1.75. The van der Waals surface area contributed by atoms with Crippen molar-refractivity contribution >= 4 is 11.6 Å². The third-order valence-electron chi connectivity index (χ3n) is 3.02. The van der Waals surface area contributed by atoms with E-state index in [0.717, 1.165) is 24.2 Å². The zero-order chi connectivity index (χ0) is 12.1. The Hall–Kier alpha value is -1.31. The average molecular weight is 219 g/mol. The Morgan fingerprint density at radius 3 is 2.44 bits per heavy atom. The molecule has 0 aliphatic carbocycles. The lowest BCUT2D eigenvalue weighted by molar-refractivity contribution is -0.121. The maximum atomic E-state index is 12.2. The monoisotopic (exact) mass is 219 g/mol. The van der Waals surface area contributed by atoms with Gasteiger partial charge in [-0.05, 0) is 31.9 Å². The summed E-state index contributed by atoms with van der Waals surface area (Å²) in [5.41, 5.74) is 2.19.